The fourth-order valence-electron chi connectivity index (χ4n) is 3.99. The Balaban J connectivity index is 1.65. The summed E-state index contributed by atoms with van der Waals surface area (Å²) in [4.78, 5) is 28.8. The Kier molecular flexibility index (Phi) is 6.94. The van der Waals surface area contributed by atoms with Crippen LogP contribution < -0.4 is 15.5 Å². The highest BCUT2D eigenvalue weighted by Gasteiger charge is 2.53. The van der Waals surface area contributed by atoms with Crippen LogP contribution in [-0.4, -0.2) is 61.3 Å². The van der Waals surface area contributed by atoms with Crippen LogP contribution in [0.15, 0.2) is 40.9 Å². The number of ether oxygens (including phenoxy) is 1. The van der Waals surface area contributed by atoms with Crippen molar-refractivity contribution < 1.29 is 28.2 Å². The van der Waals surface area contributed by atoms with Gasteiger partial charge in [0.1, 0.15) is 17.3 Å². The summed E-state index contributed by atoms with van der Waals surface area (Å²) in [6, 6.07) is 6.51. The molecule has 1 fully saturated rings. The molecule has 1 atom stereocenters. The third-order valence-corrected chi connectivity index (χ3v) is 6.14. The molecular weight excluding hydrogens is 502 g/mol. The lowest BCUT2D eigenvalue weighted by Gasteiger charge is -2.42. The molecular formula is C22H23BrF2N4O4. The molecule has 1 saturated heterocycles. The van der Waals surface area contributed by atoms with Gasteiger partial charge in [0.15, 0.2) is 0 Å². The normalized spacial score (nSPS) is 20.8. The van der Waals surface area contributed by atoms with Gasteiger partial charge in [-0.3, -0.25) is 9.69 Å². The number of aliphatic hydroxyl groups is 1. The third kappa shape index (κ3) is 4.58. The van der Waals surface area contributed by atoms with E-state index in [1.54, 1.807) is 6.07 Å². The maximum absolute atomic E-state index is 14.7. The van der Waals surface area contributed by atoms with Gasteiger partial charge in [-0.1, -0.05) is 22.0 Å². The van der Waals surface area contributed by atoms with Crippen LogP contribution in [0.25, 0.3) is 0 Å². The second-order valence-electron chi connectivity index (χ2n) is 7.76. The van der Waals surface area contributed by atoms with Crippen molar-refractivity contribution >= 4 is 39.2 Å². The average Bonchev–Trinajstić information content (AvgIpc) is 2.79. The van der Waals surface area contributed by atoms with Gasteiger partial charge in [-0.25, -0.2) is 18.5 Å². The van der Waals surface area contributed by atoms with E-state index in [0.29, 0.717) is 35.6 Å². The van der Waals surface area contributed by atoms with E-state index >= 15 is 0 Å². The number of benzene rings is 2. The van der Waals surface area contributed by atoms with E-state index in [2.05, 4.69) is 31.5 Å². The van der Waals surface area contributed by atoms with Gasteiger partial charge >= 0.3 is 6.03 Å². The van der Waals surface area contributed by atoms with Gasteiger partial charge in [0.05, 0.1) is 18.9 Å². The summed E-state index contributed by atoms with van der Waals surface area (Å²) in [7, 11) is 0. The van der Waals surface area contributed by atoms with E-state index < -0.39 is 35.0 Å². The highest BCUT2D eigenvalue weighted by Crippen LogP contribution is 2.42. The first kappa shape index (κ1) is 23.6. The van der Waals surface area contributed by atoms with Gasteiger partial charge in [0.25, 0.3) is 11.6 Å². The predicted molar refractivity (Wildman–Crippen MR) is 121 cm³/mol. The van der Waals surface area contributed by atoms with Crippen LogP contribution in [0.2, 0.25) is 0 Å². The Morgan fingerprint density at radius 1 is 1.21 bits per heavy atom. The van der Waals surface area contributed by atoms with Gasteiger partial charge in [0, 0.05) is 29.7 Å². The second kappa shape index (κ2) is 9.72. The van der Waals surface area contributed by atoms with E-state index in [9.17, 15) is 23.5 Å². The van der Waals surface area contributed by atoms with E-state index in [-0.39, 0.29) is 17.8 Å². The number of hydrogen-bond donors (Lipinski definition) is 3. The minimum Gasteiger partial charge on any atom is -0.379 e. The van der Waals surface area contributed by atoms with Crippen molar-refractivity contribution in [2.45, 2.75) is 12.1 Å². The van der Waals surface area contributed by atoms with Crippen molar-refractivity contribution in [1.29, 1.82) is 0 Å². The number of carbonyl (C=O) groups excluding carboxylic acids is 2. The summed E-state index contributed by atoms with van der Waals surface area (Å²) >= 11 is 3.28. The van der Waals surface area contributed by atoms with Gasteiger partial charge < -0.3 is 20.5 Å². The Labute approximate surface area is 197 Å². The molecule has 2 aliphatic rings. The first-order chi connectivity index (χ1) is 15.8. The zero-order valence-corrected chi connectivity index (χ0v) is 19.2. The SMILES string of the molecule is O=C1Nc2ccc(Br)cc2[C@@](O)(C(=O)NCCCN2CCOCC2)N1c1c(F)cccc1F. The van der Waals surface area contributed by atoms with E-state index in [4.69, 9.17) is 4.74 Å². The fraction of sp³-hybridized carbons (Fsp3) is 0.364. The summed E-state index contributed by atoms with van der Waals surface area (Å²) in [5, 5.41) is 16.8. The number of fused-ring (bicyclic) bond motifs is 1. The Bertz CT molecular complexity index is 1050. The maximum atomic E-state index is 14.7. The molecule has 2 heterocycles. The van der Waals surface area contributed by atoms with Crippen LogP contribution in [0.1, 0.15) is 12.0 Å². The summed E-state index contributed by atoms with van der Waals surface area (Å²) in [6.07, 6.45) is 0.577. The molecule has 8 nitrogen and oxygen atoms in total. The zero-order valence-electron chi connectivity index (χ0n) is 17.6. The van der Waals surface area contributed by atoms with Crippen molar-refractivity contribution in [3.05, 3.63) is 58.1 Å². The molecule has 0 unspecified atom stereocenters. The van der Waals surface area contributed by atoms with Gasteiger partial charge in [-0.2, -0.15) is 0 Å². The highest BCUT2D eigenvalue weighted by atomic mass is 79.9. The molecule has 4 rings (SSSR count). The Hall–Kier alpha value is -2.60. The van der Waals surface area contributed by atoms with Crippen molar-refractivity contribution in [3.8, 4) is 0 Å². The molecule has 3 amide bonds. The predicted octanol–water partition coefficient (Wildman–Crippen LogP) is 2.76. The maximum Gasteiger partial charge on any atom is 0.329 e. The first-order valence-electron chi connectivity index (χ1n) is 10.5. The van der Waals surface area contributed by atoms with Crippen molar-refractivity contribution in [2.24, 2.45) is 0 Å². The number of para-hydroxylation sites is 1. The summed E-state index contributed by atoms with van der Waals surface area (Å²) in [5.74, 6) is -3.16. The summed E-state index contributed by atoms with van der Waals surface area (Å²) in [6.45, 7) is 3.78. The number of rotatable bonds is 6. The minimum absolute atomic E-state index is 0.0233. The molecule has 2 aromatic rings. The van der Waals surface area contributed by atoms with Gasteiger partial charge in [-0.05, 0) is 43.3 Å². The van der Waals surface area contributed by atoms with Crippen LogP contribution in [0.3, 0.4) is 0 Å². The lowest BCUT2D eigenvalue weighted by atomic mass is 9.94. The van der Waals surface area contributed by atoms with Crippen LogP contribution in [0.5, 0.6) is 0 Å². The monoisotopic (exact) mass is 524 g/mol. The largest absolute Gasteiger partial charge is 0.379 e. The lowest BCUT2D eigenvalue weighted by Crippen LogP contribution is -2.63. The van der Waals surface area contributed by atoms with Crippen LogP contribution in [0.4, 0.5) is 25.0 Å². The van der Waals surface area contributed by atoms with Crippen molar-refractivity contribution in [2.75, 3.05) is 49.6 Å². The smallest absolute Gasteiger partial charge is 0.329 e. The Morgan fingerprint density at radius 2 is 1.91 bits per heavy atom. The van der Waals surface area contributed by atoms with Crippen LogP contribution in [0, 0.1) is 11.6 Å². The molecule has 2 aliphatic heterocycles. The minimum atomic E-state index is -2.69. The number of urea groups is 1. The van der Waals surface area contributed by atoms with Crippen LogP contribution in [-0.2, 0) is 15.3 Å². The molecule has 33 heavy (non-hydrogen) atoms. The number of halogens is 3. The third-order valence-electron chi connectivity index (χ3n) is 5.64. The summed E-state index contributed by atoms with van der Waals surface area (Å²) in [5.41, 5.74) is -3.39. The Morgan fingerprint density at radius 3 is 2.61 bits per heavy atom. The second-order valence-corrected chi connectivity index (χ2v) is 8.68. The van der Waals surface area contributed by atoms with Crippen LogP contribution >= 0.6 is 15.9 Å². The number of amides is 3. The fourth-order valence-corrected chi connectivity index (χ4v) is 4.36. The molecule has 0 spiro atoms. The molecule has 176 valence electrons. The molecule has 11 heteroatoms. The van der Waals surface area contributed by atoms with E-state index in [1.807, 2.05) is 0 Å². The number of nitrogens with one attached hydrogen (secondary N) is 2. The highest BCUT2D eigenvalue weighted by molar-refractivity contribution is 9.10. The molecule has 0 radical (unpaired) electrons. The molecule has 0 aromatic heterocycles. The summed E-state index contributed by atoms with van der Waals surface area (Å²) < 4.78 is 35.1. The van der Waals surface area contributed by atoms with E-state index in [0.717, 1.165) is 31.3 Å². The number of anilines is 2. The number of nitrogens with zero attached hydrogens (tertiary/aromatic N) is 2. The molecule has 0 bridgehead atoms. The zero-order chi connectivity index (χ0) is 23.6. The number of morpholine rings is 1. The molecule has 0 saturated carbocycles. The van der Waals surface area contributed by atoms with E-state index in [1.165, 1.54) is 12.1 Å². The lowest BCUT2D eigenvalue weighted by molar-refractivity contribution is -0.140. The number of carbonyl (C=O) groups is 2. The van der Waals surface area contributed by atoms with Gasteiger partial charge in [-0.15, -0.1) is 0 Å². The average molecular weight is 525 g/mol. The number of hydrogen-bond acceptors (Lipinski definition) is 5. The molecule has 2 aromatic carbocycles. The van der Waals surface area contributed by atoms with Crippen molar-refractivity contribution in [3.63, 3.8) is 0 Å². The van der Waals surface area contributed by atoms with Crippen molar-refractivity contribution in [1.82, 2.24) is 10.2 Å². The topological polar surface area (TPSA) is 94.1 Å². The molecule has 0 aliphatic carbocycles. The standard InChI is InChI=1S/C22H23BrF2N4O4/c23-14-5-6-18-15(13-14)22(32,20(30)26-7-2-8-28-9-11-33-12-10-28)29(21(31)27-18)19-16(24)3-1-4-17(19)25/h1,3-6,13,32H,2,7-12H2,(H,26,30)(H,27,31)/t22-/m1/s1. The van der Waals surface area contributed by atoms with Gasteiger partial charge in [0.2, 0.25) is 0 Å². The molecule has 3 N–H and O–H groups in total. The first-order valence-corrected chi connectivity index (χ1v) is 11.3. The quantitative estimate of drug-likeness (QED) is 0.505.